The van der Waals surface area contributed by atoms with Crippen LogP contribution in [0.1, 0.15) is 10.4 Å². The van der Waals surface area contributed by atoms with E-state index in [9.17, 15) is 13.2 Å². The molecule has 1 N–H and O–H groups in total. The van der Waals surface area contributed by atoms with Gasteiger partial charge in [-0.2, -0.15) is 0 Å². The molecule has 27 heavy (non-hydrogen) atoms. The number of sulfone groups is 1. The first-order valence-electron chi connectivity index (χ1n) is 7.76. The molecule has 0 saturated carbocycles. The molecule has 0 atom stereocenters. The van der Waals surface area contributed by atoms with Crippen molar-refractivity contribution in [1.82, 2.24) is 4.98 Å². The second-order valence-electron chi connectivity index (χ2n) is 5.85. The minimum atomic E-state index is -3.45. The lowest BCUT2D eigenvalue weighted by molar-refractivity contribution is 0.102. The zero-order valence-corrected chi connectivity index (χ0v) is 16.4. The van der Waals surface area contributed by atoms with E-state index in [1.807, 2.05) is 6.07 Å². The van der Waals surface area contributed by atoms with E-state index >= 15 is 0 Å². The highest BCUT2D eigenvalue weighted by atomic mass is 35.5. The molecule has 0 saturated heterocycles. The van der Waals surface area contributed by atoms with Crippen molar-refractivity contribution in [2.45, 2.75) is 4.90 Å². The van der Waals surface area contributed by atoms with Crippen LogP contribution in [-0.4, -0.2) is 25.6 Å². The normalized spacial score (nSPS) is 11.2. The van der Waals surface area contributed by atoms with Crippen LogP contribution < -0.4 is 5.32 Å². The maximum atomic E-state index is 12.6. The minimum Gasteiger partial charge on any atom is -0.322 e. The van der Waals surface area contributed by atoms with Crippen LogP contribution in [0, 0.1) is 0 Å². The van der Waals surface area contributed by atoms with Gasteiger partial charge in [-0.1, -0.05) is 35.3 Å². The Morgan fingerprint density at radius 3 is 2.44 bits per heavy atom. The molecule has 0 aliphatic heterocycles. The van der Waals surface area contributed by atoms with Crippen molar-refractivity contribution in [3.8, 4) is 11.1 Å². The molecule has 1 heterocycles. The number of halogens is 2. The average molecular weight is 421 g/mol. The van der Waals surface area contributed by atoms with E-state index in [-0.39, 0.29) is 9.92 Å². The number of rotatable bonds is 4. The van der Waals surface area contributed by atoms with Crippen molar-refractivity contribution in [3.63, 3.8) is 0 Å². The lowest BCUT2D eigenvalue weighted by Crippen LogP contribution is -2.12. The summed E-state index contributed by atoms with van der Waals surface area (Å²) in [5.74, 6) is -0.390. The molecule has 8 heteroatoms. The van der Waals surface area contributed by atoms with Gasteiger partial charge in [0.2, 0.25) is 0 Å². The van der Waals surface area contributed by atoms with Gasteiger partial charge in [-0.15, -0.1) is 0 Å². The molecule has 0 fully saturated rings. The number of nitrogens with one attached hydrogen (secondary N) is 1. The molecule has 0 aliphatic carbocycles. The molecule has 0 radical (unpaired) electrons. The van der Waals surface area contributed by atoms with Gasteiger partial charge >= 0.3 is 0 Å². The van der Waals surface area contributed by atoms with E-state index in [1.165, 1.54) is 18.2 Å². The Balaban J connectivity index is 1.89. The van der Waals surface area contributed by atoms with Gasteiger partial charge in [0, 0.05) is 28.7 Å². The largest absolute Gasteiger partial charge is 0.322 e. The zero-order valence-electron chi connectivity index (χ0n) is 14.1. The fourth-order valence-corrected chi connectivity index (χ4v) is 3.63. The molecule has 0 aliphatic rings. The van der Waals surface area contributed by atoms with Gasteiger partial charge in [-0.3, -0.25) is 4.79 Å². The second kappa shape index (κ2) is 7.68. The van der Waals surface area contributed by atoms with Crippen molar-refractivity contribution in [2.75, 3.05) is 11.6 Å². The van der Waals surface area contributed by atoms with Crippen molar-refractivity contribution in [3.05, 3.63) is 76.5 Å². The maximum absolute atomic E-state index is 12.6. The predicted octanol–water partition coefficient (Wildman–Crippen LogP) is 4.71. The van der Waals surface area contributed by atoms with Gasteiger partial charge < -0.3 is 5.32 Å². The highest BCUT2D eigenvalue weighted by molar-refractivity contribution is 7.90. The number of nitrogens with zero attached hydrogens (tertiary/aromatic N) is 1. The highest BCUT2D eigenvalue weighted by Crippen LogP contribution is 2.25. The summed E-state index contributed by atoms with van der Waals surface area (Å²) in [6.45, 7) is 0. The Bertz CT molecular complexity index is 1130. The lowest BCUT2D eigenvalue weighted by Gasteiger charge is -2.09. The van der Waals surface area contributed by atoms with Crippen molar-refractivity contribution in [2.24, 2.45) is 0 Å². The number of hydrogen-bond donors (Lipinski definition) is 1. The minimum absolute atomic E-state index is 0.0329. The summed E-state index contributed by atoms with van der Waals surface area (Å²) < 4.78 is 23.5. The first-order chi connectivity index (χ1) is 12.7. The Kier molecular flexibility index (Phi) is 5.51. The van der Waals surface area contributed by atoms with Crippen LogP contribution >= 0.6 is 23.2 Å². The molecular weight excluding hydrogens is 407 g/mol. The molecule has 5 nitrogen and oxygen atoms in total. The maximum Gasteiger partial charge on any atom is 0.255 e. The van der Waals surface area contributed by atoms with Crippen LogP contribution in [0.3, 0.4) is 0 Å². The van der Waals surface area contributed by atoms with Crippen LogP contribution in [0.2, 0.25) is 10.2 Å². The number of amides is 1. The number of anilines is 1. The topological polar surface area (TPSA) is 76.1 Å². The Labute approximate surface area is 166 Å². The molecule has 0 unspecified atom stereocenters. The van der Waals surface area contributed by atoms with Gasteiger partial charge in [-0.05, 0) is 53.6 Å². The molecule has 3 aromatic rings. The van der Waals surface area contributed by atoms with E-state index in [1.54, 1.807) is 36.5 Å². The van der Waals surface area contributed by atoms with Crippen LogP contribution in [0.25, 0.3) is 11.1 Å². The number of hydrogen-bond acceptors (Lipinski definition) is 4. The fraction of sp³-hybridized carbons (Fsp3) is 0.0526. The number of pyridine rings is 1. The van der Waals surface area contributed by atoms with E-state index in [0.29, 0.717) is 16.4 Å². The SMILES string of the molecule is CS(=O)(=O)c1cc(Cl)cc(NC(=O)c2cccc(-c3ccnc(Cl)c3)c2)c1. The van der Waals surface area contributed by atoms with Crippen LogP contribution in [-0.2, 0) is 9.84 Å². The first kappa shape index (κ1) is 19.4. The number of benzene rings is 2. The van der Waals surface area contributed by atoms with E-state index in [2.05, 4.69) is 10.3 Å². The van der Waals surface area contributed by atoms with Crippen LogP contribution in [0.5, 0.6) is 0 Å². The summed E-state index contributed by atoms with van der Waals surface area (Å²) in [5, 5.41) is 3.25. The van der Waals surface area contributed by atoms with Gasteiger partial charge in [0.05, 0.1) is 4.90 Å². The predicted molar refractivity (Wildman–Crippen MR) is 107 cm³/mol. The highest BCUT2D eigenvalue weighted by Gasteiger charge is 2.13. The quantitative estimate of drug-likeness (QED) is 0.619. The third-order valence-corrected chi connectivity index (χ3v) is 5.26. The first-order valence-corrected chi connectivity index (χ1v) is 10.4. The third-order valence-electron chi connectivity index (χ3n) is 3.74. The van der Waals surface area contributed by atoms with Gasteiger partial charge in [0.25, 0.3) is 5.91 Å². The molecule has 0 spiro atoms. The van der Waals surface area contributed by atoms with Gasteiger partial charge in [0.1, 0.15) is 5.15 Å². The molecule has 138 valence electrons. The van der Waals surface area contributed by atoms with Crippen LogP contribution in [0.15, 0.2) is 65.7 Å². The molecule has 2 aromatic carbocycles. The lowest BCUT2D eigenvalue weighted by atomic mass is 10.0. The zero-order chi connectivity index (χ0) is 19.6. The summed E-state index contributed by atoms with van der Waals surface area (Å²) in [4.78, 5) is 16.6. The summed E-state index contributed by atoms with van der Waals surface area (Å²) in [7, 11) is -3.45. The monoisotopic (exact) mass is 420 g/mol. The fourth-order valence-electron chi connectivity index (χ4n) is 2.47. The molecule has 1 aromatic heterocycles. The van der Waals surface area contributed by atoms with E-state index < -0.39 is 15.7 Å². The summed E-state index contributed by atoms with van der Waals surface area (Å²) >= 11 is 11.9. The van der Waals surface area contributed by atoms with Gasteiger partial charge in [0.15, 0.2) is 9.84 Å². The standard InChI is InChI=1S/C19H14Cl2N2O3S/c1-27(25,26)17-10-15(20)9-16(11-17)23-19(24)14-4-2-3-12(7-14)13-5-6-22-18(21)8-13/h2-11H,1H3,(H,23,24). The van der Waals surface area contributed by atoms with E-state index in [0.717, 1.165) is 17.4 Å². The molecule has 3 rings (SSSR count). The summed E-state index contributed by atoms with van der Waals surface area (Å²) in [6, 6.07) is 14.6. The van der Waals surface area contributed by atoms with Crippen molar-refractivity contribution >= 4 is 44.6 Å². The Morgan fingerprint density at radius 1 is 1.00 bits per heavy atom. The Hall–Kier alpha value is -2.41. The van der Waals surface area contributed by atoms with Gasteiger partial charge in [-0.25, -0.2) is 13.4 Å². The summed E-state index contributed by atoms with van der Waals surface area (Å²) in [6.07, 6.45) is 2.66. The van der Waals surface area contributed by atoms with Crippen molar-refractivity contribution < 1.29 is 13.2 Å². The second-order valence-corrected chi connectivity index (χ2v) is 8.69. The van der Waals surface area contributed by atoms with E-state index in [4.69, 9.17) is 23.2 Å². The molecule has 0 bridgehead atoms. The van der Waals surface area contributed by atoms with Crippen LogP contribution in [0.4, 0.5) is 5.69 Å². The Morgan fingerprint density at radius 2 is 1.74 bits per heavy atom. The number of carbonyl (C=O) groups excluding carboxylic acids is 1. The number of aromatic nitrogens is 1. The van der Waals surface area contributed by atoms with Crippen molar-refractivity contribution in [1.29, 1.82) is 0 Å². The smallest absolute Gasteiger partial charge is 0.255 e. The summed E-state index contributed by atoms with van der Waals surface area (Å²) in [5.41, 5.74) is 2.33. The average Bonchev–Trinajstić information content (AvgIpc) is 2.60. The molecular formula is C19H14Cl2N2O3S. The number of carbonyl (C=O) groups is 1. The third kappa shape index (κ3) is 4.86. The molecule has 1 amide bonds.